The number of hydrogen-bond acceptors (Lipinski definition) is 9. The fourth-order valence-electron chi connectivity index (χ4n) is 5.92. The zero-order chi connectivity index (χ0) is 29.9. The smallest absolute Gasteiger partial charge is 0.407 e. The molecule has 0 aliphatic carbocycles. The minimum absolute atomic E-state index is 0.0111. The van der Waals surface area contributed by atoms with Gasteiger partial charge in [0.2, 0.25) is 10.0 Å². The molecule has 3 saturated heterocycles. The number of nitrogens with one attached hydrogen (secondary N) is 1. The van der Waals surface area contributed by atoms with E-state index in [1.807, 2.05) is 44.2 Å². The molecule has 2 aromatic rings. The van der Waals surface area contributed by atoms with E-state index < -0.39 is 40.7 Å². The Balaban J connectivity index is 1.31. The van der Waals surface area contributed by atoms with Crippen molar-refractivity contribution < 1.29 is 42.0 Å². The molecule has 2 aromatic carbocycles. The fourth-order valence-corrected chi connectivity index (χ4v) is 7.54. The third kappa shape index (κ3) is 6.90. The summed E-state index contributed by atoms with van der Waals surface area (Å²) in [5.41, 5.74) is 0.870. The van der Waals surface area contributed by atoms with E-state index in [0.717, 1.165) is 12.0 Å². The van der Waals surface area contributed by atoms with Crippen LogP contribution >= 0.6 is 0 Å². The largest absolute Gasteiger partial charge is 0.497 e. The zero-order valence-electron chi connectivity index (χ0n) is 24.1. The summed E-state index contributed by atoms with van der Waals surface area (Å²) in [6, 6.07) is 14.7. The summed E-state index contributed by atoms with van der Waals surface area (Å²) in [4.78, 5) is 13.3. The highest BCUT2D eigenvalue weighted by Gasteiger charge is 2.56. The molecule has 7 atom stereocenters. The van der Waals surface area contributed by atoms with Gasteiger partial charge < -0.3 is 34.1 Å². The van der Waals surface area contributed by atoms with Crippen molar-refractivity contribution >= 4 is 16.1 Å². The van der Waals surface area contributed by atoms with Gasteiger partial charge in [0.1, 0.15) is 11.9 Å². The Kier molecular flexibility index (Phi) is 9.70. The van der Waals surface area contributed by atoms with Crippen molar-refractivity contribution in [1.29, 1.82) is 0 Å². The van der Waals surface area contributed by atoms with E-state index in [1.165, 1.54) is 23.5 Å². The third-order valence-corrected chi connectivity index (χ3v) is 9.84. The lowest BCUT2D eigenvalue weighted by Crippen LogP contribution is -2.52. The lowest BCUT2D eigenvalue weighted by molar-refractivity contribution is -0.188. The van der Waals surface area contributed by atoms with Crippen LogP contribution in [-0.4, -0.2) is 88.2 Å². The molecule has 0 unspecified atom stereocenters. The number of rotatable bonds is 12. The first-order valence-corrected chi connectivity index (χ1v) is 15.8. The molecule has 11 nitrogen and oxygen atoms in total. The van der Waals surface area contributed by atoms with Crippen molar-refractivity contribution in [1.82, 2.24) is 9.62 Å². The summed E-state index contributed by atoms with van der Waals surface area (Å²) < 4.78 is 56.7. The van der Waals surface area contributed by atoms with Gasteiger partial charge in [-0.25, -0.2) is 13.2 Å². The van der Waals surface area contributed by atoms with Crippen LogP contribution in [0.15, 0.2) is 59.5 Å². The van der Waals surface area contributed by atoms with Crippen molar-refractivity contribution in [2.45, 2.75) is 62.4 Å². The van der Waals surface area contributed by atoms with Crippen molar-refractivity contribution in [3.63, 3.8) is 0 Å². The number of aliphatic hydroxyl groups excluding tert-OH is 1. The molecule has 3 heterocycles. The summed E-state index contributed by atoms with van der Waals surface area (Å²) in [7, 11) is -2.45. The minimum atomic E-state index is -3.96. The predicted molar refractivity (Wildman–Crippen MR) is 152 cm³/mol. The first kappa shape index (κ1) is 30.7. The Morgan fingerprint density at radius 1 is 1.07 bits per heavy atom. The van der Waals surface area contributed by atoms with Gasteiger partial charge in [-0.1, -0.05) is 44.2 Å². The summed E-state index contributed by atoms with van der Waals surface area (Å²) in [6.07, 6.45) is -2.21. The van der Waals surface area contributed by atoms with Crippen LogP contribution in [0.5, 0.6) is 5.75 Å². The van der Waals surface area contributed by atoms with Crippen molar-refractivity contribution in [2.75, 3.05) is 33.4 Å². The van der Waals surface area contributed by atoms with E-state index in [0.29, 0.717) is 12.4 Å². The van der Waals surface area contributed by atoms with Crippen LogP contribution < -0.4 is 10.1 Å². The van der Waals surface area contributed by atoms with E-state index in [-0.39, 0.29) is 55.1 Å². The molecule has 3 fully saturated rings. The molecule has 12 heteroatoms. The Labute approximate surface area is 247 Å². The molecule has 42 heavy (non-hydrogen) atoms. The van der Waals surface area contributed by atoms with Gasteiger partial charge in [0.25, 0.3) is 0 Å². The maximum Gasteiger partial charge on any atom is 0.407 e. The molecule has 0 bridgehead atoms. The quantitative estimate of drug-likeness (QED) is 0.375. The second-order valence-electron chi connectivity index (χ2n) is 11.4. The van der Waals surface area contributed by atoms with Gasteiger partial charge in [0.15, 0.2) is 12.6 Å². The number of carbonyl (C=O) groups is 1. The van der Waals surface area contributed by atoms with Gasteiger partial charge in [-0.2, -0.15) is 4.31 Å². The molecule has 230 valence electrons. The molecule has 1 amide bonds. The summed E-state index contributed by atoms with van der Waals surface area (Å²) >= 11 is 0. The van der Waals surface area contributed by atoms with Crippen LogP contribution in [0, 0.1) is 17.8 Å². The second kappa shape index (κ2) is 13.3. The van der Waals surface area contributed by atoms with Crippen LogP contribution in [0.4, 0.5) is 4.79 Å². The number of hydrogen-bond donors (Lipinski definition) is 2. The van der Waals surface area contributed by atoms with Crippen molar-refractivity contribution in [3.05, 3.63) is 60.2 Å². The number of ether oxygens (including phenoxy) is 5. The van der Waals surface area contributed by atoms with Crippen LogP contribution in [0.1, 0.15) is 25.8 Å². The number of amides is 1. The molecule has 0 aromatic heterocycles. The van der Waals surface area contributed by atoms with Gasteiger partial charge in [0.05, 0.1) is 43.3 Å². The highest BCUT2D eigenvalue weighted by atomic mass is 32.2. The minimum Gasteiger partial charge on any atom is -0.497 e. The number of nitrogens with zero attached hydrogens (tertiary/aromatic N) is 1. The fraction of sp³-hybridized carbons (Fsp3) is 0.567. The number of aliphatic hydroxyl groups is 1. The number of carbonyl (C=O) groups excluding carboxylic acids is 1. The van der Waals surface area contributed by atoms with E-state index in [9.17, 15) is 18.3 Å². The Hall–Kier alpha value is -2.74. The predicted octanol–water partition coefficient (Wildman–Crippen LogP) is 2.77. The van der Waals surface area contributed by atoms with Crippen LogP contribution in [0.2, 0.25) is 0 Å². The van der Waals surface area contributed by atoms with Gasteiger partial charge in [-0.15, -0.1) is 0 Å². The standard InChI is InChI=1S/C30H40N2O9S/c1-19(2)16-32(42(35,36)22-11-9-21(37-3)10-12-22)17-25(33)24(15-20-7-5-4-6-8-20)31-30(34)40-26-18-39-29-27(26)23-13-14-38-28(23)41-29/h4-12,19,23-29,33H,13-18H2,1-3H3,(H,31,34)/t23-,24+,25-,26-,27-,28+,29-/m1/s1. The normalized spacial score (nSPS) is 26.6. The van der Waals surface area contributed by atoms with Gasteiger partial charge >= 0.3 is 6.09 Å². The topological polar surface area (TPSA) is 133 Å². The first-order chi connectivity index (χ1) is 20.2. The summed E-state index contributed by atoms with van der Waals surface area (Å²) in [5.74, 6) is 0.489. The summed E-state index contributed by atoms with van der Waals surface area (Å²) in [5, 5.41) is 14.3. The average molecular weight is 605 g/mol. The van der Waals surface area contributed by atoms with Gasteiger partial charge in [0, 0.05) is 19.0 Å². The molecular formula is C30H40N2O9S. The molecule has 0 radical (unpaired) electrons. The average Bonchev–Trinajstić information content (AvgIpc) is 3.66. The third-order valence-electron chi connectivity index (χ3n) is 8.00. The van der Waals surface area contributed by atoms with Gasteiger partial charge in [-0.05, 0) is 48.6 Å². The maximum atomic E-state index is 13.7. The van der Waals surface area contributed by atoms with E-state index in [1.54, 1.807) is 12.1 Å². The number of benzene rings is 2. The SMILES string of the molecule is COc1ccc(S(=O)(=O)N(CC(C)C)C[C@@H](O)[C@H](Cc2ccccc2)NC(=O)O[C@@H]2CO[C@@H]3O[C@@H]4OCC[C@@H]4[C@@H]32)cc1. The molecule has 3 aliphatic heterocycles. The van der Waals surface area contributed by atoms with Crippen molar-refractivity contribution in [3.8, 4) is 5.75 Å². The van der Waals surface area contributed by atoms with Crippen LogP contribution in [0.25, 0.3) is 0 Å². The van der Waals surface area contributed by atoms with Crippen LogP contribution in [0.3, 0.4) is 0 Å². The molecule has 5 rings (SSSR count). The molecule has 0 spiro atoms. The summed E-state index contributed by atoms with van der Waals surface area (Å²) in [6.45, 7) is 4.57. The van der Waals surface area contributed by atoms with Gasteiger partial charge in [-0.3, -0.25) is 0 Å². The zero-order valence-corrected chi connectivity index (χ0v) is 24.9. The monoisotopic (exact) mass is 604 g/mol. The van der Waals surface area contributed by atoms with Crippen molar-refractivity contribution in [2.24, 2.45) is 17.8 Å². The number of sulfonamides is 1. The molecule has 3 aliphatic rings. The van der Waals surface area contributed by atoms with E-state index in [4.69, 9.17) is 23.7 Å². The second-order valence-corrected chi connectivity index (χ2v) is 13.4. The Bertz CT molecular complexity index is 1290. The lowest BCUT2D eigenvalue weighted by atomic mass is 9.89. The Morgan fingerprint density at radius 3 is 2.50 bits per heavy atom. The van der Waals surface area contributed by atoms with E-state index in [2.05, 4.69) is 5.32 Å². The number of fused-ring (bicyclic) bond motifs is 3. The molecular weight excluding hydrogens is 564 g/mol. The maximum absolute atomic E-state index is 13.7. The van der Waals surface area contributed by atoms with E-state index >= 15 is 0 Å². The molecule has 0 saturated carbocycles. The lowest BCUT2D eigenvalue weighted by Gasteiger charge is -2.31. The highest BCUT2D eigenvalue weighted by Crippen LogP contribution is 2.45. The number of alkyl carbamates (subject to hydrolysis) is 1. The van der Waals surface area contributed by atoms with Crippen LogP contribution in [-0.2, 0) is 35.4 Å². The first-order valence-electron chi connectivity index (χ1n) is 14.4. The Morgan fingerprint density at radius 2 is 1.81 bits per heavy atom. The highest BCUT2D eigenvalue weighted by molar-refractivity contribution is 7.89. The molecule has 2 N–H and O–H groups in total. The number of methoxy groups -OCH3 is 1.